The lowest BCUT2D eigenvalue weighted by atomic mass is 9.86. The molecule has 0 radical (unpaired) electrons. The van der Waals surface area contributed by atoms with E-state index in [1.807, 2.05) is 13.0 Å². The number of rotatable bonds is 5. The van der Waals surface area contributed by atoms with Crippen LogP contribution in [0.4, 0.5) is 0 Å². The van der Waals surface area contributed by atoms with Gasteiger partial charge in [-0.2, -0.15) is 0 Å². The Bertz CT molecular complexity index is 731. The molecule has 1 aromatic carbocycles. The summed E-state index contributed by atoms with van der Waals surface area (Å²) < 4.78 is 23.8. The van der Waals surface area contributed by atoms with Gasteiger partial charge in [-0.25, -0.2) is 8.42 Å². The van der Waals surface area contributed by atoms with Gasteiger partial charge in [-0.1, -0.05) is 44.2 Å². The Balaban J connectivity index is 0.00000364. The Morgan fingerprint density at radius 2 is 1.89 bits per heavy atom. The number of halogens is 1. The van der Waals surface area contributed by atoms with Crippen LogP contribution in [0, 0.1) is 5.41 Å². The maximum Gasteiger partial charge on any atom is 0.194 e. The van der Waals surface area contributed by atoms with Crippen LogP contribution in [0.5, 0.6) is 0 Å². The predicted molar refractivity (Wildman–Crippen MR) is 125 cm³/mol. The van der Waals surface area contributed by atoms with E-state index in [1.54, 1.807) is 13.8 Å². The second-order valence-corrected chi connectivity index (χ2v) is 11.2. The van der Waals surface area contributed by atoms with Crippen LogP contribution in [0.15, 0.2) is 35.3 Å². The molecule has 7 heteroatoms. The molecule has 0 saturated carbocycles. The maximum atomic E-state index is 12.3. The summed E-state index contributed by atoms with van der Waals surface area (Å²) in [6.07, 6.45) is 0.955. The lowest BCUT2D eigenvalue weighted by molar-refractivity contribution is 0.342. The summed E-state index contributed by atoms with van der Waals surface area (Å²) in [6.45, 7) is 12.5. The second kappa shape index (κ2) is 9.58. The maximum absolute atomic E-state index is 12.3. The molecule has 1 saturated heterocycles. The standard InChI is InChI=1S/C20H33N3O2S.HI/c1-6-21-18(23-12-13-26(24,25)20(4,5)16-23)22-15-19(2,3)14-17-10-8-7-9-11-17;/h7-11H,6,12-16H2,1-5H3,(H,21,22);1H. The molecule has 0 aromatic heterocycles. The number of sulfone groups is 1. The average molecular weight is 507 g/mol. The molecule has 154 valence electrons. The Morgan fingerprint density at radius 3 is 2.44 bits per heavy atom. The van der Waals surface area contributed by atoms with E-state index >= 15 is 0 Å². The fourth-order valence-corrected chi connectivity index (χ4v) is 4.61. The van der Waals surface area contributed by atoms with E-state index in [2.05, 4.69) is 48.3 Å². The fraction of sp³-hybridized carbons (Fsp3) is 0.650. The zero-order chi connectivity index (χ0) is 19.4. The molecular weight excluding hydrogens is 473 g/mol. The van der Waals surface area contributed by atoms with Crippen molar-refractivity contribution >= 4 is 39.8 Å². The first-order valence-corrected chi connectivity index (χ1v) is 11.0. The third kappa shape index (κ3) is 6.62. The van der Waals surface area contributed by atoms with E-state index in [9.17, 15) is 8.42 Å². The Labute approximate surface area is 182 Å². The van der Waals surface area contributed by atoms with E-state index in [1.165, 1.54) is 5.56 Å². The number of nitrogens with one attached hydrogen (secondary N) is 1. The van der Waals surface area contributed by atoms with Crippen molar-refractivity contribution in [1.82, 2.24) is 10.2 Å². The predicted octanol–water partition coefficient (Wildman–Crippen LogP) is 3.35. The summed E-state index contributed by atoms with van der Waals surface area (Å²) >= 11 is 0. The highest BCUT2D eigenvalue weighted by molar-refractivity contribution is 14.0. The summed E-state index contributed by atoms with van der Waals surface area (Å²) in [6, 6.07) is 10.5. The third-order valence-electron chi connectivity index (χ3n) is 4.86. The third-order valence-corrected chi connectivity index (χ3v) is 7.39. The van der Waals surface area contributed by atoms with Gasteiger partial charge in [0.15, 0.2) is 15.8 Å². The fourth-order valence-electron chi connectivity index (χ4n) is 3.24. The minimum Gasteiger partial charge on any atom is -0.357 e. The molecule has 1 fully saturated rings. The van der Waals surface area contributed by atoms with Crippen molar-refractivity contribution < 1.29 is 8.42 Å². The highest BCUT2D eigenvalue weighted by Gasteiger charge is 2.41. The van der Waals surface area contributed by atoms with Crippen LogP contribution in [-0.2, 0) is 16.3 Å². The molecule has 1 aliphatic rings. The molecule has 0 spiro atoms. The minimum atomic E-state index is -3.05. The van der Waals surface area contributed by atoms with E-state index in [4.69, 9.17) is 4.99 Å². The first-order chi connectivity index (χ1) is 12.1. The van der Waals surface area contributed by atoms with Gasteiger partial charge < -0.3 is 10.2 Å². The molecule has 1 N–H and O–H groups in total. The molecule has 0 amide bonds. The highest BCUT2D eigenvalue weighted by atomic mass is 127. The number of aliphatic imine (C=N–C) groups is 1. The van der Waals surface area contributed by atoms with Gasteiger partial charge in [0.25, 0.3) is 0 Å². The number of hydrogen-bond donors (Lipinski definition) is 1. The topological polar surface area (TPSA) is 61.8 Å². The molecule has 2 rings (SSSR count). The summed E-state index contributed by atoms with van der Waals surface area (Å²) in [5, 5.41) is 3.34. The van der Waals surface area contributed by atoms with Crippen LogP contribution < -0.4 is 5.32 Å². The first-order valence-electron chi connectivity index (χ1n) is 9.36. The number of guanidine groups is 1. The quantitative estimate of drug-likeness (QED) is 0.377. The lowest BCUT2D eigenvalue weighted by Crippen LogP contribution is -2.57. The Hall–Kier alpha value is -0.830. The molecule has 5 nitrogen and oxygen atoms in total. The van der Waals surface area contributed by atoms with Gasteiger partial charge in [0.2, 0.25) is 0 Å². The van der Waals surface area contributed by atoms with Crippen molar-refractivity contribution in [3.63, 3.8) is 0 Å². The van der Waals surface area contributed by atoms with Crippen LogP contribution in [0.25, 0.3) is 0 Å². The largest absolute Gasteiger partial charge is 0.357 e. The zero-order valence-electron chi connectivity index (χ0n) is 17.2. The SMILES string of the molecule is CCNC(=NCC(C)(C)Cc1ccccc1)N1CCS(=O)(=O)C(C)(C)C1.I. The zero-order valence-corrected chi connectivity index (χ0v) is 20.3. The average Bonchev–Trinajstić information content (AvgIpc) is 2.55. The molecule has 1 heterocycles. The van der Waals surface area contributed by atoms with Crippen molar-refractivity contribution in [1.29, 1.82) is 0 Å². The smallest absolute Gasteiger partial charge is 0.194 e. The van der Waals surface area contributed by atoms with Gasteiger partial charge in [0.05, 0.1) is 10.5 Å². The monoisotopic (exact) mass is 507 g/mol. The normalized spacial score (nSPS) is 19.3. The van der Waals surface area contributed by atoms with Gasteiger partial charge in [0.1, 0.15) is 0 Å². The van der Waals surface area contributed by atoms with E-state index < -0.39 is 14.6 Å². The van der Waals surface area contributed by atoms with Crippen molar-refractivity contribution in [2.45, 2.75) is 45.8 Å². The minimum absolute atomic E-state index is 0. The van der Waals surface area contributed by atoms with Gasteiger partial charge >= 0.3 is 0 Å². The molecule has 1 aliphatic heterocycles. The number of benzene rings is 1. The molecule has 0 atom stereocenters. The molecule has 1 aromatic rings. The van der Waals surface area contributed by atoms with Crippen LogP contribution in [0.3, 0.4) is 0 Å². The highest BCUT2D eigenvalue weighted by Crippen LogP contribution is 2.25. The molecule has 27 heavy (non-hydrogen) atoms. The molecule has 0 aliphatic carbocycles. The first kappa shape index (κ1) is 24.2. The van der Waals surface area contributed by atoms with Gasteiger partial charge in [0, 0.05) is 26.2 Å². The van der Waals surface area contributed by atoms with E-state index in [0.29, 0.717) is 19.6 Å². The van der Waals surface area contributed by atoms with Crippen LogP contribution in [0.1, 0.15) is 40.2 Å². The lowest BCUT2D eigenvalue weighted by Gasteiger charge is -2.39. The Morgan fingerprint density at radius 1 is 1.26 bits per heavy atom. The van der Waals surface area contributed by atoms with Gasteiger partial charge in [-0.15, -0.1) is 24.0 Å². The molecule has 0 unspecified atom stereocenters. The van der Waals surface area contributed by atoms with Crippen molar-refractivity contribution in [3.05, 3.63) is 35.9 Å². The summed E-state index contributed by atoms with van der Waals surface area (Å²) in [5.74, 6) is 0.995. The molecular formula is C20H34IN3O2S. The van der Waals surface area contributed by atoms with Crippen LogP contribution in [-0.4, -0.2) is 56.0 Å². The van der Waals surface area contributed by atoms with E-state index in [0.717, 1.165) is 18.9 Å². The van der Waals surface area contributed by atoms with Crippen molar-refractivity contribution in [2.75, 3.05) is 31.9 Å². The van der Waals surface area contributed by atoms with Crippen LogP contribution >= 0.6 is 24.0 Å². The summed E-state index contributed by atoms with van der Waals surface area (Å²) in [5.41, 5.74) is 1.34. The second-order valence-electron chi connectivity index (χ2n) is 8.50. The number of hydrogen-bond acceptors (Lipinski definition) is 3. The number of nitrogens with zero attached hydrogens (tertiary/aromatic N) is 2. The van der Waals surface area contributed by atoms with Gasteiger partial charge in [-0.3, -0.25) is 4.99 Å². The van der Waals surface area contributed by atoms with Crippen molar-refractivity contribution in [2.24, 2.45) is 10.4 Å². The summed E-state index contributed by atoms with van der Waals surface area (Å²) in [7, 11) is -3.05. The van der Waals surface area contributed by atoms with Gasteiger partial charge in [-0.05, 0) is 38.2 Å². The van der Waals surface area contributed by atoms with Crippen LogP contribution in [0.2, 0.25) is 0 Å². The Kier molecular flexibility index (Phi) is 8.59. The van der Waals surface area contributed by atoms with E-state index in [-0.39, 0.29) is 35.1 Å². The summed E-state index contributed by atoms with van der Waals surface area (Å²) in [4.78, 5) is 6.94. The van der Waals surface area contributed by atoms with Crippen molar-refractivity contribution in [3.8, 4) is 0 Å². The molecule has 0 bridgehead atoms.